The van der Waals surface area contributed by atoms with Gasteiger partial charge < -0.3 is 25.4 Å². The number of nitrogens with zero attached hydrogens (tertiary/aromatic N) is 1. The number of guanidine groups is 1. The second-order valence-electron chi connectivity index (χ2n) is 6.79. The maximum Gasteiger partial charge on any atom is 0.224 e. The molecule has 0 aliphatic rings. The average molecular weight is 540 g/mol. The van der Waals surface area contributed by atoms with E-state index in [2.05, 4.69) is 20.9 Å². The van der Waals surface area contributed by atoms with Crippen molar-refractivity contribution in [1.29, 1.82) is 0 Å². The summed E-state index contributed by atoms with van der Waals surface area (Å²) in [6.45, 7) is 3.36. The molecule has 0 aromatic heterocycles. The monoisotopic (exact) mass is 540 g/mol. The molecule has 3 N–H and O–H groups in total. The number of amides is 1. The third kappa shape index (κ3) is 9.04. The van der Waals surface area contributed by atoms with Crippen LogP contribution in [0.4, 0.5) is 5.69 Å². The maximum absolute atomic E-state index is 11.7. The topological polar surface area (TPSA) is 84.0 Å². The van der Waals surface area contributed by atoms with Gasteiger partial charge in [0.1, 0.15) is 0 Å². The van der Waals surface area contributed by atoms with Gasteiger partial charge in [-0.3, -0.25) is 9.79 Å². The first kappa shape index (κ1) is 26.5. The SMILES string of the molecule is CCCC(=O)Nc1ccc(CNC(=NC)NCCc2ccc(OC)c(OC)c2)cc1.I. The number of halogens is 1. The van der Waals surface area contributed by atoms with Gasteiger partial charge in [-0.25, -0.2) is 0 Å². The van der Waals surface area contributed by atoms with E-state index in [9.17, 15) is 4.79 Å². The van der Waals surface area contributed by atoms with Gasteiger partial charge in [0.15, 0.2) is 17.5 Å². The first-order valence-corrected chi connectivity index (χ1v) is 10.1. The Morgan fingerprint density at radius 3 is 2.26 bits per heavy atom. The third-order valence-corrected chi connectivity index (χ3v) is 4.55. The molecule has 2 aromatic carbocycles. The van der Waals surface area contributed by atoms with Crippen LogP contribution in [-0.4, -0.2) is 39.7 Å². The summed E-state index contributed by atoms with van der Waals surface area (Å²) in [5.74, 6) is 2.23. The second-order valence-corrected chi connectivity index (χ2v) is 6.79. The predicted molar refractivity (Wildman–Crippen MR) is 137 cm³/mol. The van der Waals surface area contributed by atoms with E-state index in [1.54, 1.807) is 21.3 Å². The minimum absolute atomic E-state index is 0. The van der Waals surface area contributed by atoms with Crippen LogP contribution in [0.1, 0.15) is 30.9 Å². The Morgan fingerprint density at radius 2 is 1.65 bits per heavy atom. The number of benzene rings is 2. The molecule has 7 nitrogen and oxygen atoms in total. The molecule has 8 heteroatoms. The number of methoxy groups -OCH3 is 2. The van der Waals surface area contributed by atoms with Crippen LogP contribution in [0.15, 0.2) is 47.5 Å². The summed E-state index contributed by atoms with van der Waals surface area (Å²) in [4.78, 5) is 15.9. The van der Waals surface area contributed by atoms with Gasteiger partial charge in [0.05, 0.1) is 14.2 Å². The summed E-state index contributed by atoms with van der Waals surface area (Å²) < 4.78 is 10.6. The Balaban J connectivity index is 0.00000480. The van der Waals surface area contributed by atoms with E-state index < -0.39 is 0 Å². The minimum atomic E-state index is 0. The molecule has 0 heterocycles. The quantitative estimate of drug-likeness (QED) is 0.242. The number of hydrogen-bond donors (Lipinski definition) is 3. The molecule has 170 valence electrons. The number of rotatable bonds is 10. The van der Waals surface area contributed by atoms with E-state index in [0.29, 0.717) is 13.0 Å². The van der Waals surface area contributed by atoms with E-state index in [1.165, 1.54) is 0 Å². The van der Waals surface area contributed by atoms with Gasteiger partial charge in [-0.15, -0.1) is 24.0 Å². The molecule has 0 fully saturated rings. The Labute approximate surface area is 202 Å². The van der Waals surface area contributed by atoms with Gasteiger partial charge in [0.25, 0.3) is 0 Å². The van der Waals surface area contributed by atoms with Gasteiger partial charge in [-0.2, -0.15) is 0 Å². The number of hydrogen-bond acceptors (Lipinski definition) is 4. The first-order chi connectivity index (χ1) is 14.6. The highest BCUT2D eigenvalue weighted by atomic mass is 127. The highest BCUT2D eigenvalue weighted by Gasteiger charge is 2.05. The molecule has 0 aliphatic heterocycles. The predicted octanol–water partition coefficient (Wildman–Crippen LogP) is 3.97. The van der Waals surface area contributed by atoms with Gasteiger partial charge in [-0.05, 0) is 48.2 Å². The Kier molecular flexibility index (Phi) is 12.4. The fourth-order valence-corrected chi connectivity index (χ4v) is 2.92. The fraction of sp³-hybridized carbons (Fsp3) is 0.391. The smallest absolute Gasteiger partial charge is 0.224 e. The van der Waals surface area contributed by atoms with Crippen LogP contribution >= 0.6 is 24.0 Å². The lowest BCUT2D eigenvalue weighted by Crippen LogP contribution is -2.37. The van der Waals surface area contributed by atoms with Crippen molar-refractivity contribution in [2.45, 2.75) is 32.7 Å². The van der Waals surface area contributed by atoms with Crippen molar-refractivity contribution in [3.8, 4) is 11.5 Å². The van der Waals surface area contributed by atoms with E-state index in [4.69, 9.17) is 9.47 Å². The van der Waals surface area contributed by atoms with Crippen molar-refractivity contribution in [2.24, 2.45) is 4.99 Å². The zero-order valence-corrected chi connectivity index (χ0v) is 21.0. The zero-order chi connectivity index (χ0) is 21.8. The summed E-state index contributed by atoms with van der Waals surface area (Å²) in [6, 6.07) is 13.7. The number of nitrogens with one attached hydrogen (secondary N) is 3. The molecular weight excluding hydrogens is 507 g/mol. The Bertz CT molecular complexity index is 841. The van der Waals surface area contributed by atoms with Crippen LogP contribution in [0.25, 0.3) is 0 Å². The molecule has 0 radical (unpaired) electrons. The first-order valence-electron chi connectivity index (χ1n) is 10.1. The molecule has 31 heavy (non-hydrogen) atoms. The van der Waals surface area contributed by atoms with E-state index in [-0.39, 0.29) is 29.9 Å². The van der Waals surface area contributed by atoms with Crippen LogP contribution < -0.4 is 25.4 Å². The van der Waals surface area contributed by atoms with E-state index in [0.717, 1.165) is 53.7 Å². The molecule has 1 amide bonds. The summed E-state index contributed by atoms with van der Waals surface area (Å²) >= 11 is 0. The highest BCUT2D eigenvalue weighted by Crippen LogP contribution is 2.27. The number of carbonyl (C=O) groups is 1. The van der Waals surface area contributed by atoms with Crippen LogP contribution in [0.3, 0.4) is 0 Å². The average Bonchev–Trinajstić information content (AvgIpc) is 2.77. The van der Waals surface area contributed by atoms with E-state index >= 15 is 0 Å². The van der Waals surface area contributed by atoms with Crippen molar-refractivity contribution in [1.82, 2.24) is 10.6 Å². The lowest BCUT2D eigenvalue weighted by Gasteiger charge is -2.13. The zero-order valence-electron chi connectivity index (χ0n) is 18.7. The molecule has 0 aliphatic carbocycles. The minimum Gasteiger partial charge on any atom is -0.493 e. The standard InChI is InChI=1S/C23H32N4O3.HI/c1-5-6-22(28)27-19-10-7-18(8-11-19)16-26-23(24-2)25-14-13-17-9-12-20(29-3)21(15-17)30-4;/h7-12,15H,5-6,13-14,16H2,1-4H3,(H,27,28)(H2,24,25,26);1H. The summed E-state index contributed by atoms with van der Waals surface area (Å²) in [5, 5.41) is 9.51. The molecule has 0 bridgehead atoms. The lowest BCUT2D eigenvalue weighted by atomic mass is 10.1. The summed E-state index contributed by atoms with van der Waals surface area (Å²) in [7, 11) is 5.01. The number of anilines is 1. The fourth-order valence-electron chi connectivity index (χ4n) is 2.92. The van der Waals surface area contributed by atoms with Crippen molar-refractivity contribution in [2.75, 3.05) is 33.1 Å². The number of carbonyl (C=O) groups excluding carboxylic acids is 1. The van der Waals surface area contributed by atoms with E-state index in [1.807, 2.05) is 49.4 Å². The van der Waals surface area contributed by atoms with Crippen LogP contribution in [0.5, 0.6) is 11.5 Å². The normalized spacial score (nSPS) is 10.6. The Morgan fingerprint density at radius 1 is 0.968 bits per heavy atom. The summed E-state index contributed by atoms with van der Waals surface area (Å²) in [6.07, 6.45) is 2.20. The van der Waals surface area contributed by atoms with Crippen molar-refractivity contribution < 1.29 is 14.3 Å². The maximum atomic E-state index is 11.7. The molecule has 0 unspecified atom stereocenters. The largest absolute Gasteiger partial charge is 0.493 e. The van der Waals surface area contributed by atoms with Gasteiger partial charge >= 0.3 is 0 Å². The molecule has 2 aromatic rings. The molecular formula is C23H33IN4O3. The number of aliphatic imine (C=N–C) groups is 1. The Hall–Kier alpha value is -2.49. The van der Waals surface area contributed by atoms with Gasteiger partial charge in [-0.1, -0.05) is 25.1 Å². The highest BCUT2D eigenvalue weighted by molar-refractivity contribution is 14.0. The van der Waals surface area contributed by atoms with Crippen molar-refractivity contribution in [3.05, 3.63) is 53.6 Å². The van der Waals surface area contributed by atoms with Crippen LogP contribution in [-0.2, 0) is 17.8 Å². The molecule has 0 saturated heterocycles. The molecule has 0 saturated carbocycles. The third-order valence-electron chi connectivity index (χ3n) is 4.55. The van der Waals surface area contributed by atoms with Crippen molar-refractivity contribution in [3.63, 3.8) is 0 Å². The lowest BCUT2D eigenvalue weighted by molar-refractivity contribution is -0.116. The van der Waals surface area contributed by atoms with Crippen LogP contribution in [0, 0.1) is 0 Å². The summed E-state index contributed by atoms with van der Waals surface area (Å²) in [5.41, 5.74) is 3.07. The molecule has 0 atom stereocenters. The van der Waals surface area contributed by atoms with Crippen molar-refractivity contribution >= 4 is 41.5 Å². The van der Waals surface area contributed by atoms with Gasteiger partial charge in [0, 0.05) is 32.2 Å². The molecule has 0 spiro atoms. The number of ether oxygens (including phenoxy) is 2. The second kappa shape index (κ2) is 14.5. The molecule has 2 rings (SSSR count). The van der Waals surface area contributed by atoms with Gasteiger partial charge in [0.2, 0.25) is 5.91 Å². The van der Waals surface area contributed by atoms with Crippen LogP contribution in [0.2, 0.25) is 0 Å².